The lowest BCUT2D eigenvalue weighted by Gasteiger charge is -2.13. The van der Waals surface area contributed by atoms with Gasteiger partial charge < -0.3 is 19.5 Å². The third-order valence-corrected chi connectivity index (χ3v) is 3.92. The van der Waals surface area contributed by atoms with E-state index in [1.807, 2.05) is 45.0 Å². The largest absolute Gasteiger partial charge is 0.490 e. The quantitative estimate of drug-likeness (QED) is 0.638. The van der Waals surface area contributed by atoms with Gasteiger partial charge in [0.1, 0.15) is 0 Å². The number of hydrogen-bond donors (Lipinski definition) is 1. The summed E-state index contributed by atoms with van der Waals surface area (Å²) in [6.45, 7) is 8.83. The topological polar surface area (TPSA) is 56.8 Å². The zero-order valence-corrected chi connectivity index (χ0v) is 16.4. The Bertz CT molecular complexity index is 713. The number of carbonyl (C=O) groups excluding carboxylic acids is 1. The zero-order valence-electron chi connectivity index (χ0n) is 16.4. The van der Waals surface area contributed by atoms with E-state index in [0.717, 1.165) is 17.5 Å². The van der Waals surface area contributed by atoms with E-state index in [1.54, 1.807) is 18.2 Å². The number of ether oxygens (including phenoxy) is 3. The number of amides is 1. The van der Waals surface area contributed by atoms with Gasteiger partial charge in [0.05, 0.1) is 19.8 Å². The summed E-state index contributed by atoms with van der Waals surface area (Å²) in [5.41, 5.74) is 2.71. The maximum Gasteiger partial charge on any atom is 0.251 e. The molecule has 5 heteroatoms. The Morgan fingerprint density at radius 3 is 2.30 bits per heavy atom. The van der Waals surface area contributed by atoms with E-state index in [2.05, 4.69) is 5.32 Å². The van der Waals surface area contributed by atoms with Crippen LogP contribution in [0.4, 0.5) is 0 Å². The summed E-state index contributed by atoms with van der Waals surface area (Å²) in [6, 6.07) is 13.3. The molecule has 5 nitrogen and oxygen atoms in total. The molecule has 2 aromatic rings. The summed E-state index contributed by atoms with van der Waals surface area (Å²) in [5, 5.41) is 2.94. The van der Waals surface area contributed by atoms with Crippen LogP contribution in [0.15, 0.2) is 42.5 Å². The predicted molar refractivity (Wildman–Crippen MR) is 106 cm³/mol. The molecule has 0 saturated carbocycles. The van der Waals surface area contributed by atoms with Crippen LogP contribution < -0.4 is 14.8 Å². The molecule has 1 amide bonds. The molecule has 2 aromatic carbocycles. The van der Waals surface area contributed by atoms with Gasteiger partial charge in [0, 0.05) is 18.7 Å². The Kier molecular flexibility index (Phi) is 8.65. The van der Waals surface area contributed by atoms with Crippen molar-refractivity contribution in [2.75, 3.05) is 19.8 Å². The number of rotatable bonds is 11. The first-order valence-electron chi connectivity index (χ1n) is 9.51. The maximum absolute atomic E-state index is 12.5. The Balaban J connectivity index is 1.97. The lowest BCUT2D eigenvalue weighted by atomic mass is 10.1. The highest BCUT2D eigenvalue weighted by molar-refractivity contribution is 5.94. The van der Waals surface area contributed by atoms with Crippen LogP contribution in [-0.4, -0.2) is 25.7 Å². The molecule has 0 fully saturated rings. The standard InChI is InChI=1S/C22H29NO4/c1-4-13-27-20-12-11-19(14-21(20)26-6-3)22(24)23-15-17-7-9-18(10-8-17)16-25-5-2/h7-12,14H,4-6,13,15-16H2,1-3H3,(H,23,24). The van der Waals surface area contributed by atoms with Crippen LogP contribution >= 0.6 is 0 Å². The minimum Gasteiger partial charge on any atom is -0.490 e. The van der Waals surface area contributed by atoms with Crippen molar-refractivity contribution in [3.63, 3.8) is 0 Å². The van der Waals surface area contributed by atoms with Crippen LogP contribution in [0.2, 0.25) is 0 Å². The minimum absolute atomic E-state index is 0.142. The monoisotopic (exact) mass is 371 g/mol. The van der Waals surface area contributed by atoms with Gasteiger partial charge in [-0.25, -0.2) is 0 Å². The molecule has 0 spiro atoms. The normalized spacial score (nSPS) is 10.5. The molecule has 0 aliphatic carbocycles. The first-order chi connectivity index (χ1) is 13.2. The molecule has 0 unspecified atom stereocenters. The van der Waals surface area contributed by atoms with Crippen molar-refractivity contribution in [3.05, 3.63) is 59.2 Å². The van der Waals surface area contributed by atoms with Crippen molar-refractivity contribution < 1.29 is 19.0 Å². The van der Waals surface area contributed by atoms with Crippen molar-refractivity contribution in [3.8, 4) is 11.5 Å². The van der Waals surface area contributed by atoms with E-state index >= 15 is 0 Å². The molecule has 0 aromatic heterocycles. The van der Waals surface area contributed by atoms with Crippen LogP contribution in [0.5, 0.6) is 11.5 Å². The smallest absolute Gasteiger partial charge is 0.251 e. The third-order valence-electron chi connectivity index (χ3n) is 3.92. The molecule has 0 bridgehead atoms. The molecule has 0 aliphatic rings. The van der Waals surface area contributed by atoms with Gasteiger partial charge in [-0.3, -0.25) is 4.79 Å². The minimum atomic E-state index is -0.142. The van der Waals surface area contributed by atoms with Gasteiger partial charge in [-0.2, -0.15) is 0 Å². The van der Waals surface area contributed by atoms with E-state index in [1.165, 1.54) is 0 Å². The fourth-order valence-corrected chi connectivity index (χ4v) is 2.51. The van der Waals surface area contributed by atoms with Crippen molar-refractivity contribution >= 4 is 5.91 Å². The second kappa shape index (κ2) is 11.2. The molecule has 146 valence electrons. The van der Waals surface area contributed by atoms with E-state index in [9.17, 15) is 4.79 Å². The highest BCUT2D eigenvalue weighted by Crippen LogP contribution is 2.28. The fraction of sp³-hybridized carbons (Fsp3) is 0.409. The Morgan fingerprint density at radius 2 is 1.63 bits per heavy atom. The average Bonchev–Trinajstić information content (AvgIpc) is 2.70. The molecular formula is C22H29NO4. The highest BCUT2D eigenvalue weighted by atomic mass is 16.5. The zero-order chi connectivity index (χ0) is 19.5. The number of benzene rings is 2. The SMILES string of the molecule is CCCOc1ccc(C(=O)NCc2ccc(COCC)cc2)cc1OCC. The molecule has 27 heavy (non-hydrogen) atoms. The van der Waals surface area contributed by atoms with Gasteiger partial charge in [0.15, 0.2) is 11.5 Å². The van der Waals surface area contributed by atoms with Crippen LogP contribution in [0.25, 0.3) is 0 Å². The van der Waals surface area contributed by atoms with Gasteiger partial charge >= 0.3 is 0 Å². The number of carbonyl (C=O) groups is 1. The van der Waals surface area contributed by atoms with Gasteiger partial charge in [-0.1, -0.05) is 31.2 Å². The van der Waals surface area contributed by atoms with Crippen molar-refractivity contribution in [1.29, 1.82) is 0 Å². The molecule has 0 heterocycles. The number of hydrogen-bond acceptors (Lipinski definition) is 4. The fourth-order valence-electron chi connectivity index (χ4n) is 2.51. The second-order valence-corrected chi connectivity index (χ2v) is 6.08. The maximum atomic E-state index is 12.5. The summed E-state index contributed by atoms with van der Waals surface area (Å²) in [7, 11) is 0. The summed E-state index contributed by atoms with van der Waals surface area (Å²) >= 11 is 0. The summed E-state index contributed by atoms with van der Waals surface area (Å²) in [4.78, 5) is 12.5. The molecule has 0 saturated heterocycles. The van der Waals surface area contributed by atoms with Crippen LogP contribution in [0.3, 0.4) is 0 Å². The second-order valence-electron chi connectivity index (χ2n) is 6.08. The molecule has 0 atom stereocenters. The Labute approximate surface area is 161 Å². The van der Waals surface area contributed by atoms with Gasteiger partial charge in [-0.05, 0) is 49.6 Å². The van der Waals surface area contributed by atoms with E-state index in [0.29, 0.717) is 50.0 Å². The molecule has 0 radical (unpaired) electrons. The van der Waals surface area contributed by atoms with E-state index < -0.39 is 0 Å². The van der Waals surface area contributed by atoms with Gasteiger partial charge in [-0.15, -0.1) is 0 Å². The molecule has 1 N–H and O–H groups in total. The number of nitrogens with one attached hydrogen (secondary N) is 1. The summed E-state index contributed by atoms with van der Waals surface area (Å²) < 4.78 is 16.7. The van der Waals surface area contributed by atoms with Gasteiger partial charge in [0.25, 0.3) is 5.91 Å². The Morgan fingerprint density at radius 1 is 0.889 bits per heavy atom. The van der Waals surface area contributed by atoms with Crippen LogP contribution in [0.1, 0.15) is 48.7 Å². The van der Waals surface area contributed by atoms with E-state index in [4.69, 9.17) is 14.2 Å². The third kappa shape index (κ3) is 6.61. The first kappa shape index (κ1) is 20.8. The lowest BCUT2D eigenvalue weighted by molar-refractivity contribution is 0.0950. The highest BCUT2D eigenvalue weighted by Gasteiger charge is 2.11. The van der Waals surface area contributed by atoms with Gasteiger partial charge in [0.2, 0.25) is 0 Å². The lowest BCUT2D eigenvalue weighted by Crippen LogP contribution is -2.22. The average molecular weight is 371 g/mol. The first-order valence-corrected chi connectivity index (χ1v) is 9.51. The summed E-state index contributed by atoms with van der Waals surface area (Å²) in [6.07, 6.45) is 0.914. The van der Waals surface area contributed by atoms with Crippen molar-refractivity contribution in [1.82, 2.24) is 5.32 Å². The summed E-state index contributed by atoms with van der Waals surface area (Å²) in [5.74, 6) is 1.12. The van der Waals surface area contributed by atoms with Crippen LogP contribution in [0, 0.1) is 0 Å². The van der Waals surface area contributed by atoms with Crippen molar-refractivity contribution in [2.45, 2.75) is 40.3 Å². The van der Waals surface area contributed by atoms with Crippen molar-refractivity contribution in [2.24, 2.45) is 0 Å². The molecule has 0 aliphatic heterocycles. The molecule has 2 rings (SSSR count). The van der Waals surface area contributed by atoms with E-state index in [-0.39, 0.29) is 5.91 Å². The predicted octanol–water partition coefficient (Wildman–Crippen LogP) is 4.34. The van der Waals surface area contributed by atoms with Crippen LogP contribution in [-0.2, 0) is 17.9 Å². The molecular weight excluding hydrogens is 342 g/mol. The Hall–Kier alpha value is -2.53.